The van der Waals surface area contributed by atoms with Crippen LogP contribution in [0.1, 0.15) is 163 Å². The Morgan fingerprint density at radius 2 is 0.958 bits per heavy atom. The molecule has 1 aromatic heterocycles. The number of unbranched alkanes of at least 4 members (excludes halogenated alkanes) is 10. The van der Waals surface area contributed by atoms with Crippen LogP contribution in [0.25, 0.3) is 4.85 Å². The van der Waals surface area contributed by atoms with Crippen molar-refractivity contribution in [3.8, 4) is 17.6 Å². The highest BCUT2D eigenvalue weighted by atomic mass is 16.5. The Hall–Kier alpha value is -7.82. The molecule has 0 amide bonds. The minimum atomic E-state index is -0.953. The molecule has 10 nitrogen and oxygen atoms in total. The summed E-state index contributed by atoms with van der Waals surface area (Å²) < 4.78 is 5.77. The van der Waals surface area contributed by atoms with E-state index in [0.29, 0.717) is 22.5 Å². The zero-order chi connectivity index (χ0) is 51.3. The van der Waals surface area contributed by atoms with E-state index in [9.17, 15) is 14.4 Å². The fraction of sp³-hybridized carbons (Fsp3) is 0.311. The number of aryl methyl sites for hydroxylation is 2. The van der Waals surface area contributed by atoms with Crippen molar-refractivity contribution in [2.45, 2.75) is 117 Å². The van der Waals surface area contributed by atoms with Gasteiger partial charge in [-0.1, -0.05) is 145 Å². The van der Waals surface area contributed by atoms with Gasteiger partial charge in [-0.2, -0.15) is 0 Å². The van der Waals surface area contributed by atoms with Gasteiger partial charge in [-0.25, -0.2) is 19.2 Å². The molecule has 0 aliphatic rings. The predicted octanol–water partition coefficient (Wildman–Crippen LogP) is 15.5. The van der Waals surface area contributed by atoms with Crippen molar-refractivity contribution in [2.75, 3.05) is 6.61 Å². The van der Waals surface area contributed by atoms with Gasteiger partial charge >= 0.3 is 17.9 Å². The van der Waals surface area contributed by atoms with Crippen LogP contribution in [0.15, 0.2) is 151 Å². The SMILES string of the molecule is CCCCCCCCOc1ccc(C#Cc2ccncc2)cc1.CCCCCCc1ccc(C(=O)O)cc1.CCCCCc1ccc(C(=O)O)cc1.[C-]#[N+]c1ccc(C=Nc2ccc(C(=O)O)cc2)cc1. The molecule has 0 aliphatic carbocycles. The van der Waals surface area contributed by atoms with Gasteiger partial charge in [0.05, 0.1) is 35.6 Å². The lowest BCUT2D eigenvalue weighted by Crippen LogP contribution is -1.97. The van der Waals surface area contributed by atoms with Crippen molar-refractivity contribution >= 4 is 35.5 Å². The standard InChI is InChI=1S/C21H25NO.C15H10N2O2.C13H18O2.C12H16O2/c1-2-3-4-5-6-7-18-23-21-12-10-19(11-13-21)8-9-20-14-16-22-17-15-20;1-16-13-6-2-11(3-7-13)10-17-14-8-4-12(5-9-14)15(18)19;1-2-3-4-5-6-11-7-9-12(10-8-11)13(14)15;1-2-3-4-5-10-6-8-11(9-7-10)12(13)14/h10-17H,2-7,18H2,1H3;2-10H,(H,18,19);7-10H,2-6H2,1H3,(H,14,15);6-9H,2-5H2,1H3,(H,13,14). The number of aliphatic imine (C=N–C) groups is 1. The lowest BCUT2D eigenvalue weighted by atomic mass is 10.0. The van der Waals surface area contributed by atoms with Gasteiger partial charge in [-0.15, -0.1) is 0 Å². The average molecular weight is 956 g/mol. The third-order valence-electron chi connectivity index (χ3n) is 10.9. The van der Waals surface area contributed by atoms with Gasteiger partial charge < -0.3 is 20.1 Å². The van der Waals surface area contributed by atoms with Crippen LogP contribution in [-0.4, -0.2) is 51.0 Å². The second kappa shape index (κ2) is 35.3. The van der Waals surface area contributed by atoms with Crippen LogP contribution in [0, 0.1) is 18.4 Å². The summed E-state index contributed by atoms with van der Waals surface area (Å²) in [6.07, 6.45) is 23.6. The number of pyridine rings is 1. The summed E-state index contributed by atoms with van der Waals surface area (Å²) in [6, 6.07) is 39.5. The van der Waals surface area contributed by atoms with Crippen LogP contribution in [0.3, 0.4) is 0 Å². The Labute approximate surface area is 421 Å². The van der Waals surface area contributed by atoms with E-state index in [1.807, 2.05) is 72.8 Å². The summed E-state index contributed by atoms with van der Waals surface area (Å²) in [4.78, 5) is 43.4. The molecular formula is C61H69N3O7. The molecule has 0 radical (unpaired) electrons. The van der Waals surface area contributed by atoms with Crippen LogP contribution in [0.2, 0.25) is 0 Å². The van der Waals surface area contributed by atoms with Crippen molar-refractivity contribution in [3.63, 3.8) is 0 Å². The van der Waals surface area contributed by atoms with E-state index in [0.717, 1.165) is 48.3 Å². The summed E-state index contributed by atoms with van der Waals surface area (Å²) in [7, 11) is 0. The van der Waals surface area contributed by atoms with E-state index in [4.69, 9.17) is 26.6 Å². The first-order chi connectivity index (χ1) is 34.5. The first-order valence-corrected chi connectivity index (χ1v) is 24.7. The molecule has 0 fully saturated rings. The quantitative estimate of drug-likeness (QED) is 0.0263. The maximum Gasteiger partial charge on any atom is 0.335 e. The molecule has 3 N–H and O–H groups in total. The summed E-state index contributed by atoms with van der Waals surface area (Å²) >= 11 is 0. The lowest BCUT2D eigenvalue weighted by Gasteiger charge is -2.06. The third kappa shape index (κ3) is 25.4. The topological polar surface area (TPSA) is 151 Å². The minimum absolute atomic E-state index is 0.236. The number of carbonyl (C=O) groups is 3. The summed E-state index contributed by atoms with van der Waals surface area (Å²) in [5.74, 6) is 4.54. The molecule has 0 atom stereocenters. The molecule has 5 aromatic carbocycles. The molecule has 10 heteroatoms. The maximum atomic E-state index is 10.7. The molecular weight excluding hydrogens is 887 g/mol. The lowest BCUT2D eigenvalue weighted by molar-refractivity contribution is 0.0686. The first-order valence-electron chi connectivity index (χ1n) is 24.7. The normalized spacial score (nSPS) is 10.1. The number of nitrogens with zero attached hydrogens (tertiary/aromatic N) is 3. The van der Waals surface area contributed by atoms with E-state index in [1.165, 1.54) is 100 Å². The van der Waals surface area contributed by atoms with Crippen LogP contribution < -0.4 is 4.74 Å². The minimum Gasteiger partial charge on any atom is -0.494 e. The molecule has 6 rings (SSSR count). The summed E-state index contributed by atoms with van der Waals surface area (Å²) in [5, 5.41) is 26.2. The highest BCUT2D eigenvalue weighted by molar-refractivity contribution is 5.89. The third-order valence-corrected chi connectivity index (χ3v) is 10.9. The largest absolute Gasteiger partial charge is 0.494 e. The summed E-state index contributed by atoms with van der Waals surface area (Å²) in [5.41, 5.74) is 7.55. The van der Waals surface area contributed by atoms with Crippen molar-refractivity contribution in [3.05, 3.63) is 202 Å². The first kappa shape index (κ1) is 57.5. The van der Waals surface area contributed by atoms with Crippen LogP contribution in [0.5, 0.6) is 5.75 Å². The van der Waals surface area contributed by atoms with E-state index < -0.39 is 17.9 Å². The van der Waals surface area contributed by atoms with E-state index in [-0.39, 0.29) is 5.56 Å². The number of carboxylic acid groups (broad SMARTS) is 3. The summed E-state index contributed by atoms with van der Waals surface area (Å²) in [6.45, 7) is 14.3. The molecule has 0 bridgehead atoms. The average Bonchev–Trinajstić information content (AvgIpc) is 3.40. The maximum absolute atomic E-state index is 10.7. The second-order valence-electron chi connectivity index (χ2n) is 16.7. The van der Waals surface area contributed by atoms with Gasteiger partial charge in [-0.05, 0) is 134 Å². The van der Waals surface area contributed by atoms with E-state index in [1.54, 1.807) is 67.1 Å². The van der Waals surface area contributed by atoms with Crippen LogP contribution >= 0.6 is 0 Å². The van der Waals surface area contributed by atoms with Crippen molar-refractivity contribution in [2.24, 2.45) is 4.99 Å². The van der Waals surface area contributed by atoms with Gasteiger partial charge in [0.15, 0.2) is 5.69 Å². The second-order valence-corrected chi connectivity index (χ2v) is 16.7. The van der Waals surface area contributed by atoms with Crippen LogP contribution in [0.4, 0.5) is 11.4 Å². The predicted molar refractivity (Wildman–Crippen MR) is 287 cm³/mol. The van der Waals surface area contributed by atoms with Gasteiger partial charge in [-0.3, -0.25) is 9.98 Å². The van der Waals surface area contributed by atoms with Gasteiger partial charge in [0.1, 0.15) is 5.75 Å². The molecule has 0 unspecified atom stereocenters. The van der Waals surface area contributed by atoms with Crippen LogP contribution in [-0.2, 0) is 12.8 Å². The Bertz CT molecular complexity index is 2560. The number of carboxylic acids is 3. The van der Waals surface area contributed by atoms with Gasteiger partial charge in [0, 0.05) is 29.7 Å². The number of ether oxygens (including phenoxy) is 1. The van der Waals surface area contributed by atoms with E-state index >= 15 is 0 Å². The van der Waals surface area contributed by atoms with Crippen molar-refractivity contribution in [1.29, 1.82) is 0 Å². The number of aromatic carboxylic acids is 3. The molecule has 0 aliphatic heterocycles. The highest BCUT2D eigenvalue weighted by Gasteiger charge is 2.04. The fourth-order valence-electron chi connectivity index (χ4n) is 6.72. The molecule has 71 heavy (non-hydrogen) atoms. The number of benzene rings is 5. The number of aromatic nitrogens is 1. The Balaban J connectivity index is 0.000000255. The Morgan fingerprint density at radius 3 is 1.44 bits per heavy atom. The van der Waals surface area contributed by atoms with Crippen molar-refractivity contribution < 1.29 is 34.4 Å². The van der Waals surface area contributed by atoms with E-state index in [2.05, 4.69) is 47.4 Å². The number of hydrogen-bond acceptors (Lipinski definition) is 6. The number of rotatable bonds is 22. The highest BCUT2D eigenvalue weighted by Crippen LogP contribution is 2.17. The number of hydrogen-bond donors (Lipinski definition) is 3. The zero-order valence-electron chi connectivity index (χ0n) is 41.6. The molecule has 1 heterocycles. The van der Waals surface area contributed by atoms with Gasteiger partial charge in [0.25, 0.3) is 0 Å². The molecule has 0 saturated heterocycles. The Kier molecular flexibility index (Phi) is 28.6. The molecule has 0 spiro atoms. The smallest absolute Gasteiger partial charge is 0.335 e. The van der Waals surface area contributed by atoms with Gasteiger partial charge in [0.2, 0.25) is 0 Å². The van der Waals surface area contributed by atoms with Crippen molar-refractivity contribution in [1.82, 2.24) is 4.98 Å². The molecule has 0 saturated carbocycles. The Morgan fingerprint density at radius 1 is 0.535 bits per heavy atom. The fourth-order valence-corrected chi connectivity index (χ4v) is 6.72. The monoisotopic (exact) mass is 956 g/mol. The molecule has 370 valence electrons. The molecule has 6 aromatic rings. The zero-order valence-corrected chi connectivity index (χ0v) is 41.6.